The molecule has 1 N–H and O–H groups in total. The third-order valence-electron chi connectivity index (χ3n) is 2.33. The molecule has 0 fully saturated rings. The summed E-state index contributed by atoms with van der Waals surface area (Å²) in [4.78, 5) is 11.6. The second-order valence-corrected chi connectivity index (χ2v) is 4.85. The molecule has 0 saturated carbocycles. The second-order valence-electron chi connectivity index (χ2n) is 3.79. The number of aromatic nitrogens is 5. The van der Waals surface area contributed by atoms with E-state index in [0.29, 0.717) is 17.0 Å². The summed E-state index contributed by atoms with van der Waals surface area (Å²) in [6.07, 6.45) is 2.64. The van der Waals surface area contributed by atoms with Crippen molar-refractivity contribution >= 4 is 17.7 Å². The molecular weight excluding hydrogens is 290 g/mol. The van der Waals surface area contributed by atoms with Gasteiger partial charge in [-0.1, -0.05) is 11.8 Å². The highest BCUT2D eigenvalue weighted by Crippen LogP contribution is 2.12. The lowest BCUT2D eigenvalue weighted by molar-refractivity contribution is 0.0560. The molecular formula is C10H12F2N6OS. The molecule has 10 heteroatoms. The molecule has 2 aromatic heterocycles. The lowest BCUT2D eigenvalue weighted by atomic mass is 10.4. The first-order chi connectivity index (χ1) is 9.58. The Morgan fingerprint density at radius 2 is 2.35 bits per heavy atom. The van der Waals surface area contributed by atoms with Crippen molar-refractivity contribution in [1.82, 2.24) is 29.9 Å². The monoisotopic (exact) mass is 302 g/mol. The first-order valence-corrected chi connectivity index (χ1v) is 6.65. The molecule has 0 unspecified atom stereocenters. The van der Waals surface area contributed by atoms with Crippen LogP contribution < -0.4 is 5.32 Å². The minimum absolute atomic E-state index is 0.0334. The molecule has 1 amide bonds. The Kier molecular flexibility index (Phi) is 4.66. The fourth-order valence-electron chi connectivity index (χ4n) is 1.37. The van der Waals surface area contributed by atoms with Crippen LogP contribution in [0.2, 0.25) is 0 Å². The Labute approximate surface area is 117 Å². The van der Waals surface area contributed by atoms with Crippen molar-refractivity contribution in [2.75, 3.05) is 12.3 Å². The van der Waals surface area contributed by atoms with Crippen molar-refractivity contribution in [2.45, 2.75) is 11.7 Å². The first-order valence-electron chi connectivity index (χ1n) is 5.66. The van der Waals surface area contributed by atoms with E-state index in [1.54, 1.807) is 10.9 Å². The van der Waals surface area contributed by atoms with Crippen LogP contribution in [0.3, 0.4) is 0 Å². The largest absolute Gasteiger partial charge is 0.350 e. The molecule has 0 aromatic carbocycles. The summed E-state index contributed by atoms with van der Waals surface area (Å²) in [5.41, 5.74) is -0.0334. The summed E-state index contributed by atoms with van der Waals surface area (Å²) in [5.74, 6) is 0.108. The minimum atomic E-state index is -2.75. The topological polar surface area (TPSA) is 77.6 Å². The van der Waals surface area contributed by atoms with Crippen molar-refractivity contribution in [2.24, 2.45) is 7.05 Å². The SMILES string of the molecule is Cn1cnnc1SCCNC(=O)c1ccn(C(F)F)n1. The van der Waals surface area contributed by atoms with Crippen LogP contribution in [0.4, 0.5) is 8.78 Å². The molecule has 2 aromatic rings. The Balaban J connectivity index is 1.76. The molecule has 2 heterocycles. The van der Waals surface area contributed by atoms with Crippen molar-refractivity contribution in [3.63, 3.8) is 0 Å². The Morgan fingerprint density at radius 3 is 2.95 bits per heavy atom. The van der Waals surface area contributed by atoms with Gasteiger partial charge in [-0.3, -0.25) is 4.79 Å². The zero-order valence-electron chi connectivity index (χ0n) is 10.5. The van der Waals surface area contributed by atoms with E-state index >= 15 is 0 Å². The van der Waals surface area contributed by atoms with Gasteiger partial charge in [-0.15, -0.1) is 10.2 Å². The smallest absolute Gasteiger partial charge is 0.333 e. The third kappa shape index (κ3) is 3.53. The minimum Gasteiger partial charge on any atom is -0.350 e. The lowest BCUT2D eigenvalue weighted by Crippen LogP contribution is -2.26. The molecule has 0 aliphatic carbocycles. The third-order valence-corrected chi connectivity index (χ3v) is 3.37. The first kappa shape index (κ1) is 14.4. The van der Waals surface area contributed by atoms with Gasteiger partial charge in [0.15, 0.2) is 5.16 Å². The van der Waals surface area contributed by atoms with Crippen LogP contribution >= 0.6 is 11.8 Å². The van der Waals surface area contributed by atoms with Crippen molar-refractivity contribution in [3.05, 3.63) is 24.3 Å². The van der Waals surface area contributed by atoms with Gasteiger partial charge in [-0.2, -0.15) is 13.9 Å². The predicted molar refractivity (Wildman–Crippen MR) is 67.5 cm³/mol. The number of halogens is 2. The van der Waals surface area contributed by atoms with Gasteiger partial charge >= 0.3 is 6.55 Å². The molecule has 0 saturated heterocycles. The average molecular weight is 302 g/mol. The van der Waals surface area contributed by atoms with E-state index in [0.717, 1.165) is 11.4 Å². The maximum Gasteiger partial charge on any atom is 0.333 e. The zero-order valence-corrected chi connectivity index (χ0v) is 11.3. The van der Waals surface area contributed by atoms with E-state index in [2.05, 4.69) is 20.6 Å². The van der Waals surface area contributed by atoms with E-state index in [-0.39, 0.29) is 5.69 Å². The molecule has 2 rings (SSSR count). The summed E-state index contributed by atoms with van der Waals surface area (Å²) in [6, 6.07) is 1.25. The van der Waals surface area contributed by atoms with Crippen LogP contribution in [0.25, 0.3) is 0 Å². The highest BCUT2D eigenvalue weighted by atomic mass is 32.2. The number of carbonyl (C=O) groups excluding carboxylic acids is 1. The van der Waals surface area contributed by atoms with Crippen molar-refractivity contribution in [3.8, 4) is 0 Å². The Hall–Kier alpha value is -1.97. The van der Waals surface area contributed by atoms with Gasteiger partial charge in [0, 0.05) is 25.5 Å². The van der Waals surface area contributed by atoms with Crippen molar-refractivity contribution < 1.29 is 13.6 Å². The maximum atomic E-state index is 12.3. The summed E-state index contributed by atoms with van der Waals surface area (Å²) >= 11 is 1.43. The van der Waals surface area contributed by atoms with Crippen LogP contribution in [-0.4, -0.2) is 42.7 Å². The van der Waals surface area contributed by atoms with Crippen LogP contribution in [0.15, 0.2) is 23.7 Å². The summed E-state index contributed by atoms with van der Waals surface area (Å²) in [6.45, 7) is -2.37. The fraction of sp³-hybridized carbons (Fsp3) is 0.400. The summed E-state index contributed by atoms with van der Waals surface area (Å²) < 4.78 is 26.8. The lowest BCUT2D eigenvalue weighted by Gasteiger charge is -2.03. The van der Waals surface area contributed by atoms with Crippen LogP contribution in [0.1, 0.15) is 17.0 Å². The molecule has 0 atom stereocenters. The van der Waals surface area contributed by atoms with E-state index < -0.39 is 12.5 Å². The van der Waals surface area contributed by atoms with Gasteiger partial charge in [-0.25, -0.2) is 4.68 Å². The number of rotatable bonds is 6. The fourth-order valence-corrected chi connectivity index (χ4v) is 2.11. The summed E-state index contributed by atoms with van der Waals surface area (Å²) in [7, 11) is 1.82. The normalized spacial score (nSPS) is 11.0. The number of nitrogens with zero attached hydrogens (tertiary/aromatic N) is 5. The molecule has 108 valence electrons. The van der Waals surface area contributed by atoms with Gasteiger partial charge < -0.3 is 9.88 Å². The summed E-state index contributed by atoms with van der Waals surface area (Å²) in [5, 5.41) is 14.4. The zero-order chi connectivity index (χ0) is 14.5. The highest BCUT2D eigenvalue weighted by molar-refractivity contribution is 7.99. The average Bonchev–Trinajstić information content (AvgIpc) is 3.03. The van der Waals surface area contributed by atoms with E-state index in [1.807, 2.05) is 7.05 Å². The molecule has 0 aliphatic heterocycles. The maximum absolute atomic E-state index is 12.3. The predicted octanol–water partition coefficient (Wildman–Crippen LogP) is 0.929. The number of carbonyl (C=O) groups is 1. The Morgan fingerprint density at radius 1 is 1.55 bits per heavy atom. The second kappa shape index (κ2) is 6.46. The van der Waals surface area contributed by atoms with Crippen LogP contribution in [-0.2, 0) is 7.05 Å². The van der Waals surface area contributed by atoms with E-state index in [4.69, 9.17) is 0 Å². The van der Waals surface area contributed by atoms with Gasteiger partial charge in [0.25, 0.3) is 5.91 Å². The number of aryl methyl sites for hydroxylation is 1. The quantitative estimate of drug-likeness (QED) is 0.634. The van der Waals surface area contributed by atoms with Crippen molar-refractivity contribution in [1.29, 1.82) is 0 Å². The van der Waals surface area contributed by atoms with Crippen LogP contribution in [0.5, 0.6) is 0 Å². The Bertz CT molecular complexity index is 584. The molecule has 20 heavy (non-hydrogen) atoms. The van der Waals surface area contributed by atoms with Gasteiger partial charge in [-0.05, 0) is 6.07 Å². The molecule has 0 radical (unpaired) electrons. The number of hydrogen-bond acceptors (Lipinski definition) is 5. The standard InChI is InChI=1S/C10H12F2N6OS/c1-17-6-14-15-10(17)20-5-3-13-8(19)7-2-4-18(16-7)9(11)12/h2,4,6,9H,3,5H2,1H3,(H,13,19). The number of thioether (sulfide) groups is 1. The van der Waals surface area contributed by atoms with Gasteiger partial charge in [0.1, 0.15) is 12.0 Å². The van der Waals surface area contributed by atoms with E-state index in [9.17, 15) is 13.6 Å². The van der Waals surface area contributed by atoms with Gasteiger partial charge in [0.2, 0.25) is 0 Å². The molecule has 0 aliphatic rings. The number of alkyl halides is 2. The number of amides is 1. The number of hydrogen-bond donors (Lipinski definition) is 1. The highest BCUT2D eigenvalue weighted by Gasteiger charge is 2.12. The van der Waals surface area contributed by atoms with Gasteiger partial charge in [0.05, 0.1) is 0 Å². The molecule has 0 spiro atoms. The molecule has 7 nitrogen and oxygen atoms in total. The van der Waals surface area contributed by atoms with E-state index in [1.165, 1.54) is 17.8 Å². The number of nitrogens with one attached hydrogen (secondary N) is 1. The molecule has 0 bridgehead atoms. The van der Waals surface area contributed by atoms with Crippen LogP contribution in [0, 0.1) is 0 Å².